The Labute approximate surface area is 160 Å². The first kappa shape index (κ1) is 17.5. The van der Waals surface area contributed by atoms with Crippen molar-refractivity contribution in [3.05, 3.63) is 82.2 Å². The molecule has 0 saturated heterocycles. The van der Waals surface area contributed by atoms with E-state index in [1.54, 1.807) is 6.92 Å². The van der Waals surface area contributed by atoms with E-state index in [9.17, 15) is 4.79 Å². The van der Waals surface area contributed by atoms with Crippen molar-refractivity contribution >= 4 is 28.6 Å². The lowest BCUT2D eigenvalue weighted by Crippen LogP contribution is -2.22. The van der Waals surface area contributed by atoms with E-state index in [0.29, 0.717) is 12.4 Å². The van der Waals surface area contributed by atoms with Crippen molar-refractivity contribution in [3.63, 3.8) is 0 Å². The number of hydrogen-bond acceptors (Lipinski definition) is 3. The second-order valence-corrected chi connectivity index (χ2v) is 6.61. The number of para-hydroxylation sites is 2. The Morgan fingerprint density at radius 2 is 1.72 bits per heavy atom. The summed E-state index contributed by atoms with van der Waals surface area (Å²) in [5.74, 6) is 0.223. The van der Waals surface area contributed by atoms with Crippen LogP contribution in [0.15, 0.2) is 73.1 Å². The van der Waals surface area contributed by atoms with Gasteiger partial charge in [-0.2, -0.15) is 0 Å². The van der Waals surface area contributed by atoms with Crippen LogP contribution in [0.1, 0.15) is 18.6 Å². The third-order valence-electron chi connectivity index (χ3n) is 3.67. The Hall–Kier alpha value is -2.28. The molecule has 0 saturated carbocycles. The zero-order chi connectivity index (χ0) is 17.6. The van der Waals surface area contributed by atoms with Gasteiger partial charge in [0.05, 0.1) is 12.3 Å². The van der Waals surface area contributed by atoms with E-state index in [1.165, 1.54) is 0 Å². The third kappa shape index (κ3) is 4.22. The van der Waals surface area contributed by atoms with E-state index in [0.717, 1.165) is 14.8 Å². The van der Waals surface area contributed by atoms with Crippen LogP contribution >= 0.6 is 22.6 Å². The number of ether oxygens (including phenoxy) is 2. The van der Waals surface area contributed by atoms with Crippen molar-refractivity contribution in [2.45, 2.75) is 13.0 Å². The monoisotopic (exact) mass is 447 g/mol. The minimum atomic E-state index is -0.811. The van der Waals surface area contributed by atoms with Crippen LogP contribution in [-0.2, 0) is 9.53 Å². The van der Waals surface area contributed by atoms with Gasteiger partial charge in [-0.15, -0.1) is 0 Å². The molecule has 0 N–H and O–H groups in total. The molecule has 0 radical (unpaired) electrons. The fraction of sp³-hybridized carbons (Fsp3) is 0.150. The summed E-state index contributed by atoms with van der Waals surface area (Å²) in [5.41, 5.74) is 1.63. The van der Waals surface area contributed by atoms with Crippen molar-refractivity contribution in [1.82, 2.24) is 4.57 Å². The van der Waals surface area contributed by atoms with E-state index >= 15 is 0 Å². The molecule has 1 aromatic heterocycles. The number of esters is 1. The Bertz CT molecular complexity index is 828. The molecule has 0 aliphatic rings. The summed E-state index contributed by atoms with van der Waals surface area (Å²) in [4.78, 5) is 12.5. The Balaban J connectivity index is 1.96. The maximum Gasteiger partial charge on any atom is 0.352 e. The average molecular weight is 447 g/mol. The van der Waals surface area contributed by atoms with Gasteiger partial charge in [0.1, 0.15) is 5.75 Å². The van der Waals surface area contributed by atoms with Crippen molar-refractivity contribution in [3.8, 4) is 11.4 Å². The first-order chi connectivity index (χ1) is 12.2. The van der Waals surface area contributed by atoms with Crippen molar-refractivity contribution in [1.29, 1.82) is 0 Å². The van der Waals surface area contributed by atoms with Gasteiger partial charge in [0.2, 0.25) is 6.10 Å². The number of halogens is 1. The molecule has 1 unspecified atom stereocenters. The van der Waals surface area contributed by atoms with Gasteiger partial charge in [-0.25, -0.2) is 4.79 Å². The largest absolute Gasteiger partial charge is 0.472 e. The van der Waals surface area contributed by atoms with Crippen LogP contribution in [0, 0.1) is 3.57 Å². The number of hydrogen-bond donors (Lipinski definition) is 0. The standard InChI is InChI=1S/C20H18INO3/c1-2-24-20(23)19(15-9-11-16(21)12-10-15)25-18-8-4-3-7-17(18)22-13-5-6-14-22/h3-14,19H,2H2,1H3. The summed E-state index contributed by atoms with van der Waals surface area (Å²) < 4.78 is 14.4. The third-order valence-corrected chi connectivity index (χ3v) is 4.39. The zero-order valence-electron chi connectivity index (χ0n) is 13.8. The zero-order valence-corrected chi connectivity index (χ0v) is 15.9. The topological polar surface area (TPSA) is 40.5 Å². The molecule has 0 spiro atoms. The van der Waals surface area contributed by atoms with Gasteiger partial charge in [0.15, 0.2) is 0 Å². The predicted octanol–water partition coefficient (Wildman–Crippen LogP) is 4.77. The maximum atomic E-state index is 12.5. The molecular formula is C20H18INO3. The summed E-state index contributed by atoms with van der Waals surface area (Å²) in [6.07, 6.45) is 3.06. The van der Waals surface area contributed by atoms with Crippen LogP contribution < -0.4 is 4.74 Å². The summed E-state index contributed by atoms with van der Waals surface area (Å²) in [5, 5.41) is 0. The lowest BCUT2D eigenvalue weighted by atomic mass is 10.1. The van der Waals surface area contributed by atoms with Gasteiger partial charge in [0, 0.05) is 21.5 Å². The Morgan fingerprint density at radius 1 is 1.04 bits per heavy atom. The van der Waals surface area contributed by atoms with Crippen molar-refractivity contribution < 1.29 is 14.3 Å². The minimum Gasteiger partial charge on any atom is -0.472 e. The molecule has 3 aromatic rings. The van der Waals surface area contributed by atoms with Crippen LogP contribution in [-0.4, -0.2) is 17.1 Å². The van der Waals surface area contributed by atoms with Gasteiger partial charge >= 0.3 is 5.97 Å². The Morgan fingerprint density at radius 3 is 2.40 bits per heavy atom. The molecule has 3 rings (SSSR count). The molecular weight excluding hydrogens is 429 g/mol. The second-order valence-electron chi connectivity index (χ2n) is 5.36. The summed E-state index contributed by atoms with van der Waals surface area (Å²) in [7, 11) is 0. The highest BCUT2D eigenvalue weighted by Gasteiger charge is 2.25. The molecule has 2 aromatic carbocycles. The van der Waals surface area contributed by atoms with E-state index in [1.807, 2.05) is 77.6 Å². The predicted molar refractivity (Wildman–Crippen MR) is 105 cm³/mol. The van der Waals surface area contributed by atoms with Crippen molar-refractivity contribution in [2.24, 2.45) is 0 Å². The highest BCUT2D eigenvalue weighted by molar-refractivity contribution is 14.1. The summed E-state index contributed by atoms with van der Waals surface area (Å²) in [6, 6.07) is 19.2. The summed E-state index contributed by atoms with van der Waals surface area (Å²) >= 11 is 2.23. The Kier molecular flexibility index (Phi) is 5.75. The first-order valence-electron chi connectivity index (χ1n) is 8.00. The van der Waals surface area contributed by atoms with E-state index in [2.05, 4.69) is 22.6 Å². The SMILES string of the molecule is CCOC(=O)C(Oc1ccccc1-n1cccc1)c1ccc(I)cc1. The highest BCUT2D eigenvalue weighted by atomic mass is 127. The van der Waals surface area contributed by atoms with E-state index in [-0.39, 0.29) is 0 Å². The molecule has 25 heavy (non-hydrogen) atoms. The quantitative estimate of drug-likeness (QED) is 0.404. The molecule has 0 amide bonds. The van der Waals surface area contributed by atoms with Crippen LogP contribution in [0.4, 0.5) is 0 Å². The number of benzene rings is 2. The molecule has 0 aliphatic carbocycles. The number of nitrogens with zero attached hydrogens (tertiary/aromatic N) is 1. The van der Waals surface area contributed by atoms with Crippen molar-refractivity contribution in [2.75, 3.05) is 6.61 Å². The fourth-order valence-electron chi connectivity index (χ4n) is 2.50. The first-order valence-corrected chi connectivity index (χ1v) is 9.08. The lowest BCUT2D eigenvalue weighted by molar-refractivity contribution is -0.151. The lowest BCUT2D eigenvalue weighted by Gasteiger charge is -2.20. The number of carbonyl (C=O) groups is 1. The molecule has 5 heteroatoms. The molecule has 0 aliphatic heterocycles. The summed E-state index contributed by atoms with van der Waals surface area (Å²) in [6.45, 7) is 2.10. The average Bonchev–Trinajstić information content (AvgIpc) is 3.15. The number of carbonyl (C=O) groups excluding carboxylic acids is 1. The highest BCUT2D eigenvalue weighted by Crippen LogP contribution is 2.29. The second kappa shape index (κ2) is 8.20. The van der Waals surface area contributed by atoms with Crippen LogP contribution in [0.3, 0.4) is 0 Å². The maximum absolute atomic E-state index is 12.5. The molecule has 0 bridgehead atoms. The van der Waals surface area contributed by atoms with Gasteiger partial charge in [-0.1, -0.05) is 24.3 Å². The van der Waals surface area contributed by atoms with Gasteiger partial charge < -0.3 is 14.0 Å². The molecule has 128 valence electrons. The van der Waals surface area contributed by atoms with Crippen LogP contribution in [0.5, 0.6) is 5.75 Å². The number of aromatic nitrogens is 1. The normalized spacial score (nSPS) is 11.8. The molecule has 1 atom stereocenters. The van der Waals surface area contributed by atoms with Crippen LogP contribution in [0.25, 0.3) is 5.69 Å². The minimum absolute atomic E-state index is 0.308. The molecule has 4 nitrogen and oxygen atoms in total. The van der Waals surface area contributed by atoms with Gasteiger partial charge in [0.25, 0.3) is 0 Å². The van der Waals surface area contributed by atoms with Gasteiger partial charge in [-0.05, 0) is 65.9 Å². The molecule has 1 heterocycles. The smallest absolute Gasteiger partial charge is 0.352 e. The van der Waals surface area contributed by atoms with E-state index in [4.69, 9.17) is 9.47 Å². The fourth-order valence-corrected chi connectivity index (χ4v) is 2.86. The molecule has 0 fully saturated rings. The van der Waals surface area contributed by atoms with Crippen LogP contribution in [0.2, 0.25) is 0 Å². The van der Waals surface area contributed by atoms with E-state index < -0.39 is 12.1 Å². The van der Waals surface area contributed by atoms with Gasteiger partial charge in [-0.3, -0.25) is 0 Å². The number of rotatable bonds is 6.